The number of rotatable bonds is 1. The first-order valence-corrected chi connectivity index (χ1v) is 12.0. The lowest BCUT2D eigenvalue weighted by atomic mass is 9.65. The number of hydrogen-bond donors (Lipinski definition) is 0. The lowest BCUT2D eigenvalue weighted by molar-refractivity contribution is -0.143. The van der Waals surface area contributed by atoms with Crippen molar-refractivity contribution < 1.29 is 9.59 Å². The fourth-order valence-electron chi connectivity index (χ4n) is 6.45. The predicted octanol–water partition coefficient (Wildman–Crippen LogP) is 5.79. The van der Waals surface area contributed by atoms with Gasteiger partial charge < -0.3 is 0 Å². The van der Waals surface area contributed by atoms with E-state index >= 15 is 0 Å². The van der Waals surface area contributed by atoms with Gasteiger partial charge in [-0.05, 0) is 37.5 Å². The second-order valence-electron chi connectivity index (χ2n) is 8.86. The van der Waals surface area contributed by atoms with E-state index in [4.69, 9.17) is 69.6 Å². The molecule has 0 aromatic rings. The van der Waals surface area contributed by atoms with Crippen molar-refractivity contribution in [2.75, 3.05) is 0 Å². The summed E-state index contributed by atoms with van der Waals surface area (Å²) in [7, 11) is 0. The normalized spacial score (nSPS) is 47.7. The topological polar surface area (TPSA) is 37.4 Å². The highest BCUT2D eigenvalue weighted by Crippen LogP contribution is 2.79. The molecule has 5 aliphatic rings. The Morgan fingerprint density at radius 3 is 1.61 bits per heavy atom. The number of carbonyl (C=O) groups excluding carboxylic acids is 2. The molecule has 3 saturated carbocycles. The van der Waals surface area contributed by atoms with Crippen molar-refractivity contribution in [1.82, 2.24) is 4.90 Å². The molecule has 0 N–H and O–H groups in total. The van der Waals surface area contributed by atoms with Crippen LogP contribution >= 0.6 is 69.6 Å². The van der Waals surface area contributed by atoms with Crippen molar-refractivity contribution in [3.63, 3.8) is 0 Å². The van der Waals surface area contributed by atoms with Crippen LogP contribution in [0.5, 0.6) is 0 Å². The van der Waals surface area contributed by atoms with Gasteiger partial charge in [0.15, 0.2) is 4.33 Å². The Morgan fingerprint density at radius 1 is 0.750 bits per heavy atom. The van der Waals surface area contributed by atoms with Crippen molar-refractivity contribution in [2.45, 2.75) is 65.1 Å². The minimum Gasteiger partial charge on any atom is -0.279 e. The Kier molecular flexibility index (Phi) is 4.64. The van der Waals surface area contributed by atoms with Crippen LogP contribution in [0, 0.1) is 23.7 Å². The summed E-state index contributed by atoms with van der Waals surface area (Å²) >= 11 is 40.1. The highest BCUT2D eigenvalue weighted by atomic mass is 35.5. The van der Waals surface area contributed by atoms with E-state index in [2.05, 4.69) is 0 Å². The lowest BCUT2D eigenvalue weighted by Crippen LogP contribution is -2.45. The molecule has 0 aromatic heterocycles. The van der Waals surface area contributed by atoms with Crippen LogP contribution in [0.25, 0.3) is 0 Å². The molecule has 0 aromatic carbocycles. The van der Waals surface area contributed by atoms with E-state index in [9.17, 15) is 9.59 Å². The molecule has 1 saturated heterocycles. The van der Waals surface area contributed by atoms with Gasteiger partial charge in [-0.1, -0.05) is 65.7 Å². The molecule has 9 heteroatoms. The van der Waals surface area contributed by atoms with Gasteiger partial charge >= 0.3 is 0 Å². The molecule has 1 heterocycles. The van der Waals surface area contributed by atoms with Gasteiger partial charge in [0.2, 0.25) is 11.8 Å². The maximum atomic E-state index is 13.2. The third-order valence-electron chi connectivity index (χ3n) is 7.80. The van der Waals surface area contributed by atoms with Crippen LogP contribution in [-0.2, 0) is 9.59 Å². The van der Waals surface area contributed by atoms with Gasteiger partial charge in [0.25, 0.3) is 0 Å². The maximum Gasteiger partial charge on any atom is 0.233 e. The SMILES string of the molecule is O=C1[C@H]2C[C@H]3[C@@H](C[C@H]2C(=O)N1C1CCCCC1)[C@@]1(Cl)C(Cl)=C(Cl)[C@@]3(Cl)C1(Cl)Cl. The predicted molar refractivity (Wildman–Crippen MR) is 112 cm³/mol. The van der Waals surface area contributed by atoms with E-state index in [1.807, 2.05) is 0 Å². The number of likely N-dealkylation sites (tertiary alicyclic amines) is 1. The summed E-state index contributed by atoms with van der Waals surface area (Å²) in [5, 5.41) is 0.327. The number of hydrogen-bond acceptors (Lipinski definition) is 2. The number of allylic oxidation sites excluding steroid dienone is 2. The highest BCUT2D eigenvalue weighted by molar-refractivity contribution is 6.65. The maximum absolute atomic E-state index is 13.2. The molecule has 4 aliphatic carbocycles. The number of amides is 2. The molecule has 28 heavy (non-hydrogen) atoms. The van der Waals surface area contributed by atoms with Gasteiger partial charge in [0.1, 0.15) is 9.75 Å². The zero-order valence-corrected chi connectivity index (χ0v) is 19.4. The Morgan fingerprint density at radius 2 is 1.18 bits per heavy atom. The molecule has 2 amide bonds. The number of halogens is 6. The van der Waals surface area contributed by atoms with Crippen LogP contribution in [0.15, 0.2) is 10.1 Å². The number of fused-ring (bicyclic) bond motifs is 6. The van der Waals surface area contributed by atoms with Crippen molar-refractivity contribution in [3.8, 4) is 0 Å². The number of nitrogens with zero attached hydrogens (tertiary/aromatic N) is 1. The average molecular weight is 506 g/mol. The summed E-state index contributed by atoms with van der Waals surface area (Å²) < 4.78 is -1.61. The summed E-state index contributed by atoms with van der Waals surface area (Å²) in [6.45, 7) is 0. The Bertz CT molecular complexity index is 754. The largest absolute Gasteiger partial charge is 0.279 e. The molecule has 6 atom stereocenters. The van der Waals surface area contributed by atoms with Crippen LogP contribution in [0.2, 0.25) is 0 Å². The monoisotopic (exact) mass is 503 g/mol. The van der Waals surface area contributed by atoms with Crippen LogP contribution in [-0.4, -0.2) is 36.8 Å². The van der Waals surface area contributed by atoms with Crippen LogP contribution in [0.4, 0.5) is 0 Å². The van der Waals surface area contributed by atoms with Gasteiger partial charge in [-0.25, -0.2) is 0 Å². The van der Waals surface area contributed by atoms with Crippen LogP contribution in [0.3, 0.4) is 0 Å². The molecular weight excluding hydrogens is 487 g/mol. The first-order valence-electron chi connectivity index (χ1n) is 9.77. The van der Waals surface area contributed by atoms with Crippen molar-refractivity contribution >= 4 is 81.4 Å². The van der Waals surface area contributed by atoms with Gasteiger partial charge in [0.05, 0.1) is 21.9 Å². The molecule has 3 nitrogen and oxygen atoms in total. The second-order valence-corrected chi connectivity index (χ2v) is 12.1. The highest BCUT2D eigenvalue weighted by Gasteiger charge is 2.83. The standard InChI is InChI=1S/C19H19Cl6NO2/c20-13-14(21)18(23)12-7-10-9(6-11(12)17(13,22)19(18,24)25)15(27)26(16(10)28)8-4-2-1-3-5-8/h8-12H,1-7H2/t9-,10+,11-,12+,17-,18-/m1/s1. The fraction of sp³-hybridized carbons (Fsp3) is 0.789. The van der Waals surface area contributed by atoms with Gasteiger partial charge in [-0.2, -0.15) is 0 Å². The Balaban J connectivity index is 1.52. The minimum absolute atomic E-state index is 0.0104. The average Bonchev–Trinajstić information content (AvgIpc) is 3.04. The third-order valence-corrected chi connectivity index (χ3v) is 12.2. The molecule has 0 radical (unpaired) electrons. The van der Waals surface area contributed by atoms with Crippen molar-refractivity contribution in [1.29, 1.82) is 0 Å². The quantitative estimate of drug-likeness (QED) is 0.334. The van der Waals surface area contributed by atoms with E-state index in [-0.39, 0.29) is 39.8 Å². The van der Waals surface area contributed by atoms with Gasteiger partial charge in [0, 0.05) is 6.04 Å². The number of alkyl halides is 4. The fourth-order valence-corrected chi connectivity index (χ4v) is 9.55. The molecule has 2 bridgehead atoms. The second kappa shape index (κ2) is 6.33. The summed E-state index contributed by atoms with van der Waals surface area (Å²) in [6, 6.07) is 0.0104. The van der Waals surface area contributed by atoms with E-state index in [1.54, 1.807) is 0 Å². The molecule has 1 aliphatic heterocycles. The third kappa shape index (κ3) is 2.13. The summed E-state index contributed by atoms with van der Waals surface area (Å²) in [5.41, 5.74) is 0. The molecule has 0 spiro atoms. The van der Waals surface area contributed by atoms with E-state index < -0.39 is 25.9 Å². The molecule has 154 valence electrons. The van der Waals surface area contributed by atoms with Crippen molar-refractivity contribution in [3.05, 3.63) is 10.1 Å². The van der Waals surface area contributed by atoms with Crippen molar-refractivity contribution in [2.24, 2.45) is 23.7 Å². The van der Waals surface area contributed by atoms with E-state index in [0.29, 0.717) is 12.8 Å². The first kappa shape index (κ1) is 20.5. The summed E-state index contributed by atoms with van der Waals surface area (Å²) in [6.07, 6.45) is 5.81. The van der Waals surface area contributed by atoms with Crippen LogP contribution < -0.4 is 0 Å². The lowest BCUT2D eigenvalue weighted by Gasteiger charge is -2.42. The Hall–Kier alpha value is 0.620. The summed E-state index contributed by atoms with van der Waals surface area (Å²) in [4.78, 5) is 25.3. The number of imide groups is 1. The van der Waals surface area contributed by atoms with Crippen LogP contribution in [0.1, 0.15) is 44.9 Å². The zero-order valence-electron chi connectivity index (χ0n) is 14.9. The number of carbonyl (C=O) groups is 2. The molecule has 4 fully saturated rings. The van der Waals surface area contributed by atoms with E-state index in [1.165, 1.54) is 4.90 Å². The molecular formula is C19H19Cl6NO2. The summed E-state index contributed by atoms with van der Waals surface area (Å²) in [5.74, 6) is -1.65. The Labute approximate surface area is 193 Å². The van der Waals surface area contributed by atoms with Gasteiger partial charge in [-0.15, -0.1) is 23.2 Å². The smallest absolute Gasteiger partial charge is 0.233 e. The molecule has 0 unspecified atom stereocenters. The van der Waals surface area contributed by atoms with Gasteiger partial charge in [-0.3, -0.25) is 14.5 Å². The first-order chi connectivity index (χ1) is 13.1. The zero-order chi connectivity index (χ0) is 20.2. The minimum atomic E-state index is -1.61. The van der Waals surface area contributed by atoms with E-state index in [0.717, 1.165) is 32.1 Å². The molecule has 5 rings (SSSR count).